The molecule has 0 radical (unpaired) electrons. The molecule has 1 aromatic heterocycles. The van der Waals surface area contributed by atoms with E-state index in [2.05, 4.69) is 19.1 Å². The van der Waals surface area contributed by atoms with Gasteiger partial charge in [0.15, 0.2) is 11.6 Å². The fourth-order valence-corrected chi connectivity index (χ4v) is 2.58. The Morgan fingerprint density at radius 1 is 1.15 bits per heavy atom. The normalized spacial score (nSPS) is 14.1. The fraction of sp³-hybridized carbons (Fsp3) is 0.353. The van der Waals surface area contributed by atoms with E-state index >= 15 is 0 Å². The van der Waals surface area contributed by atoms with Crippen LogP contribution in [-0.4, -0.2) is 31.0 Å². The predicted molar refractivity (Wildman–Crippen MR) is 93.4 cm³/mol. The van der Waals surface area contributed by atoms with Crippen LogP contribution in [0.5, 0.6) is 5.75 Å². The summed E-state index contributed by atoms with van der Waals surface area (Å²) in [6, 6.07) is 2.85. The molecule has 0 amide bonds. The number of aryl methyl sites for hydroxylation is 1. The Labute approximate surface area is 156 Å². The highest BCUT2D eigenvalue weighted by molar-refractivity contribution is 7.85. The number of benzene rings is 1. The highest BCUT2D eigenvalue weighted by atomic mass is 32.2. The maximum Gasteiger partial charge on any atom is 0.573 e. The molecular formula is C17H17F4N3O2S. The molecule has 1 atom stereocenters. The van der Waals surface area contributed by atoms with Gasteiger partial charge in [-0.05, 0) is 45.9 Å². The lowest BCUT2D eigenvalue weighted by molar-refractivity contribution is -0.275. The van der Waals surface area contributed by atoms with Crippen LogP contribution in [0.2, 0.25) is 0 Å². The average Bonchev–Trinajstić information content (AvgIpc) is 2.53. The zero-order valence-corrected chi connectivity index (χ0v) is 15.8. The number of rotatable bonds is 4. The number of nitrogens with zero attached hydrogens (tertiary/aromatic N) is 3. The van der Waals surface area contributed by atoms with Gasteiger partial charge in [0.25, 0.3) is 0 Å². The lowest BCUT2D eigenvalue weighted by Gasteiger charge is -2.16. The minimum Gasteiger partial charge on any atom is -0.403 e. The summed E-state index contributed by atoms with van der Waals surface area (Å²) in [6.45, 7) is 6.74. The predicted octanol–water partition coefficient (Wildman–Crippen LogP) is 4.12. The number of halogens is 4. The summed E-state index contributed by atoms with van der Waals surface area (Å²) < 4.78 is 70.7. The summed E-state index contributed by atoms with van der Waals surface area (Å²) in [5.74, 6) is -2.21. The first-order valence-corrected chi connectivity index (χ1v) is 8.83. The van der Waals surface area contributed by atoms with E-state index in [1.807, 2.05) is 0 Å². The monoisotopic (exact) mass is 403 g/mol. The van der Waals surface area contributed by atoms with Crippen LogP contribution in [0.3, 0.4) is 0 Å². The number of alkyl halides is 3. The van der Waals surface area contributed by atoms with Crippen LogP contribution in [0.25, 0.3) is 0 Å². The standard InChI is InChI=1S/C17H17F4N3O2S/c1-10-14(23-8-7-22-10)15(24-27(25)16(2,3)4)11-5-6-13(12(18)9-11)26-17(19,20)21/h5-9H,1-4H3/b24-15-/t27-/m1/s1. The maximum atomic E-state index is 14.1. The molecular weight excluding hydrogens is 386 g/mol. The maximum absolute atomic E-state index is 14.1. The second-order valence-corrected chi connectivity index (χ2v) is 8.39. The molecule has 5 nitrogen and oxygen atoms in total. The molecule has 10 heteroatoms. The second kappa shape index (κ2) is 7.71. The van der Waals surface area contributed by atoms with Crippen LogP contribution in [0.1, 0.15) is 37.7 Å². The molecule has 146 valence electrons. The van der Waals surface area contributed by atoms with Crippen LogP contribution in [0.4, 0.5) is 17.6 Å². The van der Waals surface area contributed by atoms with E-state index in [1.165, 1.54) is 18.5 Å². The SMILES string of the molecule is Cc1nccnc1/C(=N\[S@](=O)C(C)(C)C)c1ccc(OC(F)(F)F)c(F)c1. The van der Waals surface area contributed by atoms with Gasteiger partial charge in [0.1, 0.15) is 22.4 Å². The van der Waals surface area contributed by atoms with Crippen molar-refractivity contribution in [2.45, 2.75) is 38.8 Å². The minimum absolute atomic E-state index is 0.0614. The molecule has 0 fully saturated rings. The van der Waals surface area contributed by atoms with E-state index in [1.54, 1.807) is 27.7 Å². The van der Waals surface area contributed by atoms with Gasteiger partial charge in [0.2, 0.25) is 0 Å². The molecule has 0 unspecified atom stereocenters. The van der Waals surface area contributed by atoms with Crippen molar-refractivity contribution < 1.29 is 26.5 Å². The van der Waals surface area contributed by atoms with Gasteiger partial charge in [0.05, 0.1) is 10.4 Å². The van der Waals surface area contributed by atoms with Crippen LogP contribution in [0, 0.1) is 12.7 Å². The summed E-state index contributed by atoms with van der Waals surface area (Å²) >= 11 is 0. The van der Waals surface area contributed by atoms with Crippen molar-refractivity contribution in [3.8, 4) is 5.75 Å². The van der Waals surface area contributed by atoms with Crippen molar-refractivity contribution in [3.05, 3.63) is 53.4 Å². The van der Waals surface area contributed by atoms with Gasteiger partial charge in [-0.2, -0.15) is 4.40 Å². The van der Waals surface area contributed by atoms with E-state index < -0.39 is 33.7 Å². The Hall–Kier alpha value is -2.36. The fourth-order valence-electron chi connectivity index (χ4n) is 1.95. The smallest absolute Gasteiger partial charge is 0.403 e. The molecule has 1 aromatic carbocycles. The van der Waals surface area contributed by atoms with Gasteiger partial charge in [0, 0.05) is 18.0 Å². The van der Waals surface area contributed by atoms with E-state index in [4.69, 9.17) is 0 Å². The lowest BCUT2D eigenvalue weighted by atomic mass is 10.1. The molecule has 0 aliphatic heterocycles. The summed E-state index contributed by atoms with van der Waals surface area (Å²) in [5, 5.41) is 0. The Balaban J connectivity index is 2.58. The van der Waals surface area contributed by atoms with E-state index in [-0.39, 0.29) is 17.0 Å². The third-order valence-corrected chi connectivity index (χ3v) is 4.63. The highest BCUT2D eigenvalue weighted by Gasteiger charge is 2.32. The molecule has 0 aliphatic rings. The van der Waals surface area contributed by atoms with Crippen LogP contribution >= 0.6 is 0 Å². The Kier molecular flexibility index (Phi) is 5.98. The zero-order valence-electron chi connectivity index (χ0n) is 15.0. The largest absolute Gasteiger partial charge is 0.573 e. The van der Waals surface area contributed by atoms with Gasteiger partial charge in [-0.15, -0.1) is 13.2 Å². The van der Waals surface area contributed by atoms with E-state index in [9.17, 15) is 21.8 Å². The number of hydrogen-bond acceptors (Lipinski definition) is 4. The van der Waals surface area contributed by atoms with Crippen molar-refractivity contribution in [1.82, 2.24) is 9.97 Å². The third kappa shape index (κ3) is 5.56. The van der Waals surface area contributed by atoms with Crippen molar-refractivity contribution in [2.75, 3.05) is 0 Å². The molecule has 0 spiro atoms. The summed E-state index contributed by atoms with van der Waals surface area (Å²) in [6.07, 6.45) is -2.19. The average molecular weight is 403 g/mol. The Morgan fingerprint density at radius 3 is 2.30 bits per heavy atom. The van der Waals surface area contributed by atoms with Gasteiger partial charge in [-0.1, -0.05) is 0 Å². The zero-order chi connectivity index (χ0) is 20.4. The molecule has 0 aliphatic carbocycles. The first kappa shape index (κ1) is 20.9. The minimum atomic E-state index is -5.02. The molecule has 2 aromatic rings. The molecule has 0 bridgehead atoms. The van der Waals surface area contributed by atoms with Crippen molar-refractivity contribution >= 4 is 16.7 Å². The van der Waals surface area contributed by atoms with Crippen molar-refractivity contribution in [2.24, 2.45) is 4.40 Å². The molecule has 0 N–H and O–H groups in total. The van der Waals surface area contributed by atoms with Gasteiger partial charge in [-0.3, -0.25) is 9.97 Å². The molecule has 2 rings (SSSR count). The quantitative estimate of drug-likeness (QED) is 0.569. The van der Waals surface area contributed by atoms with E-state index in [0.29, 0.717) is 5.69 Å². The molecule has 0 saturated carbocycles. The topological polar surface area (TPSA) is 64.4 Å². The molecule has 0 saturated heterocycles. The number of aromatic nitrogens is 2. The summed E-state index contributed by atoms with van der Waals surface area (Å²) in [5.41, 5.74) is 0.853. The lowest BCUT2D eigenvalue weighted by Crippen LogP contribution is -2.22. The van der Waals surface area contributed by atoms with Crippen molar-refractivity contribution in [1.29, 1.82) is 0 Å². The van der Waals surface area contributed by atoms with Gasteiger partial charge >= 0.3 is 6.36 Å². The van der Waals surface area contributed by atoms with Crippen LogP contribution in [-0.2, 0) is 11.0 Å². The van der Waals surface area contributed by atoms with Crippen LogP contribution in [0.15, 0.2) is 35.0 Å². The van der Waals surface area contributed by atoms with Gasteiger partial charge in [-0.25, -0.2) is 8.60 Å². The third-order valence-electron chi connectivity index (χ3n) is 3.23. The molecule has 1 heterocycles. The highest BCUT2D eigenvalue weighted by Crippen LogP contribution is 2.27. The van der Waals surface area contributed by atoms with Crippen molar-refractivity contribution in [3.63, 3.8) is 0 Å². The van der Waals surface area contributed by atoms with E-state index in [0.717, 1.165) is 12.1 Å². The Bertz CT molecular complexity index is 892. The summed E-state index contributed by atoms with van der Waals surface area (Å²) in [7, 11) is -1.72. The second-order valence-electron chi connectivity index (χ2n) is 6.48. The first-order valence-electron chi connectivity index (χ1n) is 7.73. The first-order chi connectivity index (χ1) is 12.4. The molecule has 27 heavy (non-hydrogen) atoms. The van der Waals surface area contributed by atoms with Gasteiger partial charge < -0.3 is 4.74 Å². The Morgan fingerprint density at radius 2 is 1.78 bits per heavy atom. The number of hydrogen-bond donors (Lipinski definition) is 0. The van der Waals surface area contributed by atoms with Crippen LogP contribution < -0.4 is 4.74 Å². The summed E-state index contributed by atoms with van der Waals surface area (Å²) in [4.78, 5) is 8.21. The number of ether oxygens (including phenoxy) is 1.